The summed E-state index contributed by atoms with van der Waals surface area (Å²) in [6.07, 6.45) is 3.87. The van der Waals surface area contributed by atoms with Gasteiger partial charge in [-0.3, -0.25) is 14.8 Å². The first-order valence-electron chi connectivity index (χ1n) is 9.91. The highest BCUT2D eigenvalue weighted by molar-refractivity contribution is 14.0. The second-order valence-corrected chi connectivity index (χ2v) is 7.16. The van der Waals surface area contributed by atoms with Gasteiger partial charge in [0, 0.05) is 44.8 Å². The van der Waals surface area contributed by atoms with Crippen LogP contribution in [0.5, 0.6) is 0 Å². The Kier molecular flexibility index (Phi) is 9.23. The highest BCUT2D eigenvalue weighted by atomic mass is 127. The number of rotatable bonds is 5. The largest absolute Gasteiger partial charge is 0.379 e. The maximum atomic E-state index is 5.49. The summed E-state index contributed by atoms with van der Waals surface area (Å²) in [7, 11) is 0. The molecule has 0 aromatic carbocycles. The fourth-order valence-corrected chi connectivity index (χ4v) is 4.31. The highest BCUT2D eigenvalue weighted by Crippen LogP contribution is 2.19. The third kappa shape index (κ3) is 5.68. The summed E-state index contributed by atoms with van der Waals surface area (Å²) in [5.74, 6) is 1.12. The zero-order chi connectivity index (χ0) is 16.8. The molecule has 3 rings (SSSR count). The number of nitrogens with zero attached hydrogens (tertiary/aromatic N) is 4. The van der Waals surface area contributed by atoms with E-state index in [1.165, 1.54) is 25.8 Å². The number of morpholine rings is 1. The summed E-state index contributed by atoms with van der Waals surface area (Å²) < 4.78 is 5.49. The summed E-state index contributed by atoms with van der Waals surface area (Å²) in [4.78, 5) is 12.6. The van der Waals surface area contributed by atoms with Crippen molar-refractivity contribution in [2.75, 3.05) is 65.6 Å². The lowest BCUT2D eigenvalue weighted by Crippen LogP contribution is -2.47. The first-order valence-corrected chi connectivity index (χ1v) is 9.91. The van der Waals surface area contributed by atoms with Gasteiger partial charge in [0.15, 0.2) is 5.96 Å². The van der Waals surface area contributed by atoms with Gasteiger partial charge in [0.25, 0.3) is 0 Å². The van der Waals surface area contributed by atoms with Crippen molar-refractivity contribution in [2.24, 2.45) is 4.99 Å². The van der Waals surface area contributed by atoms with Gasteiger partial charge in [-0.25, -0.2) is 0 Å². The number of halogens is 1. The van der Waals surface area contributed by atoms with Gasteiger partial charge in [-0.05, 0) is 39.3 Å². The maximum Gasteiger partial charge on any atom is 0.194 e. The molecule has 0 radical (unpaired) electrons. The van der Waals surface area contributed by atoms with Crippen LogP contribution in [0, 0.1) is 0 Å². The normalized spacial score (nSPS) is 29.0. The Morgan fingerprint density at radius 3 is 2.64 bits per heavy atom. The number of aliphatic imine (C=N–C) groups is 1. The van der Waals surface area contributed by atoms with E-state index in [9.17, 15) is 0 Å². The lowest BCUT2D eigenvalue weighted by Gasteiger charge is -2.32. The second kappa shape index (κ2) is 10.9. The number of nitrogens with one attached hydrogen (secondary N) is 1. The number of hydrogen-bond donors (Lipinski definition) is 1. The van der Waals surface area contributed by atoms with E-state index in [1.54, 1.807) is 0 Å². The van der Waals surface area contributed by atoms with Gasteiger partial charge in [0.2, 0.25) is 0 Å². The van der Waals surface area contributed by atoms with Crippen LogP contribution >= 0.6 is 24.0 Å². The highest BCUT2D eigenvalue weighted by Gasteiger charge is 2.30. The van der Waals surface area contributed by atoms with Crippen LogP contribution < -0.4 is 5.32 Å². The van der Waals surface area contributed by atoms with Gasteiger partial charge in [-0.1, -0.05) is 6.92 Å². The molecule has 3 saturated heterocycles. The second-order valence-electron chi connectivity index (χ2n) is 7.16. The monoisotopic (exact) mass is 465 g/mol. The molecule has 3 heterocycles. The minimum absolute atomic E-state index is 0. The van der Waals surface area contributed by atoms with Crippen molar-refractivity contribution in [3.05, 3.63) is 0 Å². The third-order valence-corrected chi connectivity index (χ3v) is 5.72. The van der Waals surface area contributed by atoms with E-state index in [4.69, 9.17) is 9.73 Å². The molecule has 2 unspecified atom stereocenters. The molecule has 6 nitrogen and oxygen atoms in total. The number of hydrogen-bond acceptors (Lipinski definition) is 4. The van der Waals surface area contributed by atoms with Crippen LogP contribution in [-0.4, -0.2) is 98.3 Å². The zero-order valence-corrected chi connectivity index (χ0v) is 18.3. The predicted molar refractivity (Wildman–Crippen MR) is 114 cm³/mol. The van der Waals surface area contributed by atoms with Crippen LogP contribution in [0.2, 0.25) is 0 Å². The average Bonchev–Trinajstić information content (AvgIpc) is 3.28. The fraction of sp³-hybridized carbons (Fsp3) is 0.944. The first kappa shape index (κ1) is 21.2. The van der Waals surface area contributed by atoms with Crippen molar-refractivity contribution in [1.82, 2.24) is 20.0 Å². The standard InChI is InChI=1S/C18H35N5O.HI/c1-3-19-18(20-14-16-6-5-8-21(16)4-2)23-9-7-17(15-23)22-10-12-24-13-11-22;/h16-17H,3-15H2,1-2H3,(H,19,20);1H. The SMILES string of the molecule is CCNC(=NCC1CCCN1CC)N1CCC(N2CCOCC2)C1.I. The molecular weight excluding hydrogens is 429 g/mol. The van der Waals surface area contributed by atoms with Gasteiger partial charge < -0.3 is 15.0 Å². The van der Waals surface area contributed by atoms with Crippen molar-refractivity contribution in [3.63, 3.8) is 0 Å². The Hall–Kier alpha value is -0.120. The van der Waals surface area contributed by atoms with Crippen LogP contribution in [-0.2, 0) is 4.74 Å². The molecule has 25 heavy (non-hydrogen) atoms. The molecule has 0 aliphatic carbocycles. The van der Waals surface area contributed by atoms with E-state index >= 15 is 0 Å². The molecule has 0 amide bonds. The van der Waals surface area contributed by atoms with Gasteiger partial charge in [-0.15, -0.1) is 24.0 Å². The number of likely N-dealkylation sites (tertiary alicyclic amines) is 2. The average molecular weight is 465 g/mol. The van der Waals surface area contributed by atoms with Crippen LogP contribution in [0.1, 0.15) is 33.1 Å². The lowest BCUT2D eigenvalue weighted by molar-refractivity contribution is 0.0195. The third-order valence-electron chi connectivity index (χ3n) is 5.72. The number of likely N-dealkylation sites (N-methyl/N-ethyl adjacent to an activating group) is 1. The van der Waals surface area contributed by atoms with E-state index in [0.29, 0.717) is 12.1 Å². The fourth-order valence-electron chi connectivity index (χ4n) is 4.31. The summed E-state index contributed by atoms with van der Waals surface area (Å²) in [6, 6.07) is 1.30. The van der Waals surface area contributed by atoms with Crippen LogP contribution in [0.25, 0.3) is 0 Å². The molecule has 0 aromatic rings. The minimum Gasteiger partial charge on any atom is -0.379 e. The van der Waals surface area contributed by atoms with Crippen molar-refractivity contribution < 1.29 is 4.74 Å². The van der Waals surface area contributed by atoms with Crippen molar-refractivity contribution in [3.8, 4) is 0 Å². The quantitative estimate of drug-likeness (QED) is 0.379. The summed E-state index contributed by atoms with van der Waals surface area (Å²) in [5, 5.41) is 3.52. The Labute approximate surface area is 170 Å². The number of guanidine groups is 1. The number of ether oxygens (including phenoxy) is 1. The van der Waals surface area contributed by atoms with Crippen molar-refractivity contribution in [1.29, 1.82) is 0 Å². The zero-order valence-electron chi connectivity index (χ0n) is 16.0. The smallest absolute Gasteiger partial charge is 0.194 e. The molecular formula is C18H36IN5O. The molecule has 1 N–H and O–H groups in total. The van der Waals surface area contributed by atoms with Crippen LogP contribution in [0.3, 0.4) is 0 Å². The van der Waals surface area contributed by atoms with E-state index in [2.05, 4.69) is 33.9 Å². The van der Waals surface area contributed by atoms with Crippen molar-refractivity contribution >= 4 is 29.9 Å². The molecule has 3 fully saturated rings. The van der Waals surface area contributed by atoms with E-state index < -0.39 is 0 Å². The Morgan fingerprint density at radius 1 is 1.12 bits per heavy atom. The molecule has 3 aliphatic rings. The molecule has 2 atom stereocenters. The topological polar surface area (TPSA) is 43.3 Å². The Bertz CT molecular complexity index is 416. The molecule has 7 heteroatoms. The van der Waals surface area contributed by atoms with Gasteiger partial charge in [-0.2, -0.15) is 0 Å². The van der Waals surface area contributed by atoms with Gasteiger partial charge in [0.1, 0.15) is 0 Å². The van der Waals surface area contributed by atoms with Gasteiger partial charge in [0.05, 0.1) is 19.8 Å². The van der Waals surface area contributed by atoms with Crippen LogP contribution in [0.4, 0.5) is 0 Å². The summed E-state index contributed by atoms with van der Waals surface area (Å²) >= 11 is 0. The molecule has 0 bridgehead atoms. The van der Waals surface area contributed by atoms with E-state index in [1.807, 2.05) is 0 Å². The van der Waals surface area contributed by atoms with E-state index in [0.717, 1.165) is 65.0 Å². The molecule has 0 saturated carbocycles. The van der Waals surface area contributed by atoms with E-state index in [-0.39, 0.29) is 24.0 Å². The molecule has 146 valence electrons. The summed E-state index contributed by atoms with van der Waals surface area (Å²) in [5.41, 5.74) is 0. The molecule has 3 aliphatic heterocycles. The minimum atomic E-state index is 0. The predicted octanol–water partition coefficient (Wildman–Crippen LogP) is 1.46. The van der Waals surface area contributed by atoms with Gasteiger partial charge >= 0.3 is 0 Å². The maximum absolute atomic E-state index is 5.49. The summed E-state index contributed by atoms with van der Waals surface area (Å²) in [6.45, 7) is 14.9. The Morgan fingerprint density at radius 2 is 1.92 bits per heavy atom. The Balaban J connectivity index is 0.00000225. The first-order chi connectivity index (χ1) is 11.8. The van der Waals surface area contributed by atoms with Crippen molar-refractivity contribution in [2.45, 2.75) is 45.2 Å². The molecule has 0 aromatic heterocycles. The molecule has 0 spiro atoms. The lowest BCUT2D eigenvalue weighted by atomic mass is 10.2. The van der Waals surface area contributed by atoms with Crippen LogP contribution in [0.15, 0.2) is 4.99 Å².